The lowest BCUT2D eigenvalue weighted by molar-refractivity contribution is 0.128. The molecule has 1 aliphatic rings. The number of anilines is 1. The first-order valence-electron chi connectivity index (χ1n) is 6.19. The molecule has 2 rings (SSSR count). The summed E-state index contributed by atoms with van der Waals surface area (Å²) in [6.45, 7) is 9.40. The third-order valence-corrected chi connectivity index (χ3v) is 2.80. The molecule has 6 nitrogen and oxygen atoms in total. The number of piperazine rings is 1. The van der Waals surface area contributed by atoms with Gasteiger partial charge in [-0.15, -0.1) is 5.10 Å². The zero-order valence-electron chi connectivity index (χ0n) is 10.7. The predicted molar refractivity (Wildman–Crippen MR) is 66.0 cm³/mol. The highest BCUT2D eigenvalue weighted by Crippen LogP contribution is 2.12. The Bertz CT molecular complexity index is 343. The molecule has 0 bridgehead atoms. The van der Waals surface area contributed by atoms with E-state index in [1.54, 1.807) is 0 Å². The Morgan fingerprint density at radius 3 is 2.71 bits per heavy atom. The summed E-state index contributed by atoms with van der Waals surface area (Å²) >= 11 is 0. The van der Waals surface area contributed by atoms with Crippen molar-refractivity contribution in [1.29, 1.82) is 0 Å². The summed E-state index contributed by atoms with van der Waals surface area (Å²) in [4.78, 5) is 6.65. The Balaban J connectivity index is 1.98. The van der Waals surface area contributed by atoms with E-state index in [9.17, 15) is 0 Å². The van der Waals surface area contributed by atoms with E-state index >= 15 is 0 Å². The molecule has 2 atom stereocenters. The molecule has 1 aliphatic heterocycles. The van der Waals surface area contributed by atoms with Crippen LogP contribution in [0.15, 0.2) is 0 Å². The second-order valence-electron chi connectivity index (χ2n) is 4.59. The monoisotopic (exact) mass is 239 g/mol. The molecule has 0 radical (unpaired) electrons. The molecule has 1 fully saturated rings. The number of nitrogens with one attached hydrogen (secondary N) is 2. The van der Waals surface area contributed by atoms with Crippen molar-refractivity contribution in [1.82, 2.24) is 20.5 Å². The van der Waals surface area contributed by atoms with Crippen molar-refractivity contribution in [2.45, 2.75) is 39.5 Å². The number of hydrogen-bond acceptors (Lipinski definition) is 5. The van der Waals surface area contributed by atoms with Crippen LogP contribution in [0.25, 0.3) is 0 Å². The molecular formula is C11H21N5O. The summed E-state index contributed by atoms with van der Waals surface area (Å²) in [6, 6.07) is 0.931. The Morgan fingerprint density at radius 2 is 2.06 bits per heavy atom. The number of H-pyrrole nitrogens is 1. The molecule has 6 heteroatoms. The molecule has 2 unspecified atom stereocenters. The first-order valence-corrected chi connectivity index (χ1v) is 6.19. The summed E-state index contributed by atoms with van der Waals surface area (Å²) in [7, 11) is 0. The van der Waals surface area contributed by atoms with Crippen molar-refractivity contribution in [2.24, 2.45) is 0 Å². The molecule has 1 aromatic rings. The highest BCUT2D eigenvalue weighted by atomic mass is 16.5. The smallest absolute Gasteiger partial charge is 0.244 e. The van der Waals surface area contributed by atoms with Gasteiger partial charge in [0.05, 0.1) is 0 Å². The largest absolute Gasteiger partial charge is 0.374 e. The van der Waals surface area contributed by atoms with Crippen LogP contribution in [0.3, 0.4) is 0 Å². The lowest BCUT2D eigenvalue weighted by atomic mass is 10.1. The summed E-state index contributed by atoms with van der Waals surface area (Å²) in [5.41, 5.74) is 0. The van der Waals surface area contributed by atoms with Crippen LogP contribution < -0.4 is 10.2 Å². The number of aromatic nitrogens is 3. The fourth-order valence-electron chi connectivity index (χ4n) is 2.18. The van der Waals surface area contributed by atoms with Gasteiger partial charge in [0.1, 0.15) is 6.61 Å². The number of nitrogens with zero attached hydrogens (tertiary/aromatic N) is 3. The predicted octanol–water partition coefficient (Wildman–Crippen LogP) is 0.528. The highest BCUT2D eigenvalue weighted by Gasteiger charge is 2.23. The van der Waals surface area contributed by atoms with E-state index in [0.717, 1.165) is 24.9 Å². The number of aromatic amines is 1. The van der Waals surface area contributed by atoms with E-state index in [-0.39, 0.29) is 0 Å². The van der Waals surface area contributed by atoms with Crippen LogP contribution in [-0.2, 0) is 11.3 Å². The molecule has 0 amide bonds. The molecule has 0 spiro atoms. The maximum absolute atomic E-state index is 5.30. The van der Waals surface area contributed by atoms with E-state index in [1.807, 2.05) is 6.92 Å². The molecule has 1 aromatic heterocycles. The Labute approximate surface area is 102 Å². The van der Waals surface area contributed by atoms with E-state index in [1.165, 1.54) is 0 Å². The van der Waals surface area contributed by atoms with E-state index in [2.05, 4.69) is 39.2 Å². The van der Waals surface area contributed by atoms with Gasteiger partial charge in [-0.2, -0.15) is 4.98 Å². The van der Waals surface area contributed by atoms with Crippen molar-refractivity contribution >= 4 is 5.95 Å². The van der Waals surface area contributed by atoms with E-state index < -0.39 is 0 Å². The second kappa shape index (κ2) is 5.46. The van der Waals surface area contributed by atoms with Gasteiger partial charge in [-0.3, -0.25) is 5.10 Å². The average Bonchev–Trinajstić information content (AvgIpc) is 2.73. The standard InChI is InChI=1S/C11H21N5O/c1-4-17-7-10-13-11(15-14-10)16-5-8(2)12-9(3)6-16/h8-9,12H,4-7H2,1-3H3,(H,13,14,15). The van der Waals surface area contributed by atoms with Crippen LogP contribution >= 0.6 is 0 Å². The van der Waals surface area contributed by atoms with Gasteiger partial charge in [0.25, 0.3) is 0 Å². The van der Waals surface area contributed by atoms with Crippen LogP contribution in [0.1, 0.15) is 26.6 Å². The second-order valence-corrected chi connectivity index (χ2v) is 4.59. The summed E-state index contributed by atoms with van der Waals surface area (Å²) < 4.78 is 5.30. The third-order valence-electron chi connectivity index (χ3n) is 2.80. The maximum atomic E-state index is 5.30. The molecule has 17 heavy (non-hydrogen) atoms. The fourth-order valence-corrected chi connectivity index (χ4v) is 2.18. The number of hydrogen-bond donors (Lipinski definition) is 2. The van der Waals surface area contributed by atoms with Gasteiger partial charge < -0.3 is 15.0 Å². The molecule has 1 saturated heterocycles. The van der Waals surface area contributed by atoms with Gasteiger partial charge in [0.15, 0.2) is 5.82 Å². The quantitative estimate of drug-likeness (QED) is 0.802. The zero-order valence-corrected chi connectivity index (χ0v) is 10.7. The van der Waals surface area contributed by atoms with E-state index in [0.29, 0.717) is 25.3 Å². The summed E-state index contributed by atoms with van der Waals surface area (Å²) in [6.07, 6.45) is 0. The zero-order chi connectivity index (χ0) is 12.3. The number of rotatable bonds is 4. The van der Waals surface area contributed by atoms with Gasteiger partial charge >= 0.3 is 0 Å². The first kappa shape index (κ1) is 12.3. The van der Waals surface area contributed by atoms with Gasteiger partial charge in [-0.1, -0.05) is 0 Å². The van der Waals surface area contributed by atoms with Gasteiger partial charge in [-0.05, 0) is 20.8 Å². The first-order chi connectivity index (χ1) is 8.19. The SMILES string of the molecule is CCOCc1nc(N2CC(C)NC(C)C2)n[nH]1. The fraction of sp³-hybridized carbons (Fsp3) is 0.818. The van der Waals surface area contributed by atoms with Gasteiger partial charge in [-0.25, -0.2) is 0 Å². The lowest BCUT2D eigenvalue weighted by Gasteiger charge is -2.35. The Morgan fingerprint density at radius 1 is 1.35 bits per heavy atom. The van der Waals surface area contributed by atoms with Crippen LogP contribution in [0.4, 0.5) is 5.95 Å². The molecule has 0 aromatic carbocycles. The lowest BCUT2D eigenvalue weighted by Crippen LogP contribution is -2.54. The van der Waals surface area contributed by atoms with Crippen molar-refractivity contribution in [3.05, 3.63) is 5.82 Å². The molecule has 2 N–H and O–H groups in total. The molecule has 2 heterocycles. The van der Waals surface area contributed by atoms with Crippen LogP contribution in [0, 0.1) is 0 Å². The molecule has 96 valence electrons. The van der Waals surface area contributed by atoms with Crippen molar-refractivity contribution in [3.63, 3.8) is 0 Å². The molecule has 0 aliphatic carbocycles. The maximum Gasteiger partial charge on any atom is 0.244 e. The third kappa shape index (κ3) is 3.17. The Kier molecular flexibility index (Phi) is 3.96. The highest BCUT2D eigenvalue weighted by molar-refractivity contribution is 5.30. The summed E-state index contributed by atoms with van der Waals surface area (Å²) in [5, 5.41) is 10.7. The van der Waals surface area contributed by atoms with Crippen LogP contribution in [-0.4, -0.2) is 47.0 Å². The normalized spacial score (nSPS) is 25.2. The van der Waals surface area contributed by atoms with Crippen LogP contribution in [0.5, 0.6) is 0 Å². The molecule has 0 saturated carbocycles. The average molecular weight is 239 g/mol. The topological polar surface area (TPSA) is 66.1 Å². The van der Waals surface area contributed by atoms with Gasteiger partial charge in [0, 0.05) is 31.8 Å². The van der Waals surface area contributed by atoms with Crippen molar-refractivity contribution in [3.8, 4) is 0 Å². The minimum Gasteiger partial charge on any atom is -0.374 e. The summed E-state index contributed by atoms with van der Waals surface area (Å²) in [5.74, 6) is 1.57. The minimum atomic E-state index is 0.465. The van der Waals surface area contributed by atoms with Gasteiger partial charge in [0.2, 0.25) is 5.95 Å². The molecular weight excluding hydrogens is 218 g/mol. The Hall–Kier alpha value is -1.14. The minimum absolute atomic E-state index is 0.465. The van der Waals surface area contributed by atoms with Crippen molar-refractivity contribution < 1.29 is 4.74 Å². The van der Waals surface area contributed by atoms with Crippen LogP contribution in [0.2, 0.25) is 0 Å². The van der Waals surface area contributed by atoms with Crippen molar-refractivity contribution in [2.75, 3.05) is 24.6 Å². The van der Waals surface area contributed by atoms with E-state index in [4.69, 9.17) is 4.74 Å². The number of ether oxygens (including phenoxy) is 1.